The molecule has 0 saturated carbocycles. The van der Waals surface area contributed by atoms with Gasteiger partial charge < -0.3 is 9.88 Å². The molecule has 1 N–H and O–H groups in total. The van der Waals surface area contributed by atoms with Crippen LogP contribution in [-0.4, -0.2) is 18.7 Å². The van der Waals surface area contributed by atoms with Crippen LogP contribution in [0.4, 0.5) is 5.69 Å². The van der Waals surface area contributed by atoms with Gasteiger partial charge in [0.25, 0.3) is 5.91 Å². The van der Waals surface area contributed by atoms with E-state index >= 15 is 0 Å². The number of anilines is 1. The molecule has 0 aliphatic carbocycles. The number of amides is 1. The Bertz CT molecular complexity index is 895. The Morgan fingerprint density at radius 2 is 1.75 bits per heavy atom. The number of fused-ring (bicyclic) bond motifs is 1. The number of carbonyl (C=O) groups excluding carboxylic acids is 1. The Labute approximate surface area is 143 Å². The smallest absolute Gasteiger partial charge is 0.256 e. The highest BCUT2D eigenvalue weighted by Gasteiger charge is 2.31. The van der Waals surface area contributed by atoms with E-state index in [4.69, 9.17) is 0 Å². The fraction of sp³-hybridized carbons (Fsp3) is 0.250. The van der Waals surface area contributed by atoms with Gasteiger partial charge in [-0.15, -0.1) is 0 Å². The third-order valence-electron chi connectivity index (χ3n) is 4.54. The summed E-state index contributed by atoms with van der Waals surface area (Å²) in [5, 5.41) is 3.71. The van der Waals surface area contributed by atoms with Crippen LogP contribution in [0, 0.1) is 13.8 Å². The molecule has 0 aromatic heterocycles. The van der Waals surface area contributed by atoms with Crippen molar-refractivity contribution in [3.05, 3.63) is 58.7 Å². The third kappa shape index (κ3) is 2.97. The maximum atomic E-state index is 12.9. The van der Waals surface area contributed by atoms with Crippen LogP contribution in [0.15, 0.2) is 36.4 Å². The SMILES string of the molecule is CCP(C)(=O)c1cc(C)cc2c1NC(=O)C2=Cc1ccc(C)cc1. The molecule has 124 valence electrons. The summed E-state index contributed by atoms with van der Waals surface area (Å²) in [6.45, 7) is 7.73. The second kappa shape index (κ2) is 6.07. The summed E-state index contributed by atoms with van der Waals surface area (Å²) in [6, 6.07) is 12.0. The van der Waals surface area contributed by atoms with Gasteiger partial charge in [-0.05, 0) is 49.8 Å². The molecule has 1 heterocycles. The molecule has 0 spiro atoms. The summed E-state index contributed by atoms with van der Waals surface area (Å²) in [5.41, 5.74) is 5.39. The predicted molar refractivity (Wildman–Crippen MR) is 103 cm³/mol. The molecule has 1 aliphatic rings. The maximum absolute atomic E-state index is 12.9. The molecule has 1 atom stereocenters. The van der Waals surface area contributed by atoms with Gasteiger partial charge in [0.05, 0.1) is 5.69 Å². The van der Waals surface area contributed by atoms with E-state index in [-0.39, 0.29) is 5.91 Å². The van der Waals surface area contributed by atoms with Gasteiger partial charge in [-0.1, -0.05) is 36.8 Å². The number of hydrogen-bond donors (Lipinski definition) is 1. The molecule has 2 aromatic carbocycles. The Morgan fingerprint density at radius 1 is 1.08 bits per heavy atom. The lowest BCUT2D eigenvalue weighted by atomic mass is 10.0. The zero-order valence-corrected chi connectivity index (χ0v) is 15.4. The summed E-state index contributed by atoms with van der Waals surface area (Å²) in [5.74, 6) is -0.131. The van der Waals surface area contributed by atoms with Crippen LogP contribution in [-0.2, 0) is 9.36 Å². The van der Waals surface area contributed by atoms with Crippen LogP contribution in [0.3, 0.4) is 0 Å². The summed E-state index contributed by atoms with van der Waals surface area (Å²) in [4.78, 5) is 12.5. The highest BCUT2D eigenvalue weighted by atomic mass is 31.2. The van der Waals surface area contributed by atoms with Crippen LogP contribution < -0.4 is 10.6 Å². The molecule has 0 bridgehead atoms. The van der Waals surface area contributed by atoms with Crippen molar-refractivity contribution < 1.29 is 9.36 Å². The Morgan fingerprint density at radius 3 is 2.38 bits per heavy atom. The molecule has 0 fully saturated rings. The average molecular weight is 339 g/mol. The lowest BCUT2D eigenvalue weighted by Crippen LogP contribution is -2.14. The first-order valence-corrected chi connectivity index (χ1v) is 10.5. The molecule has 1 unspecified atom stereocenters. The second-order valence-electron chi connectivity index (χ2n) is 6.55. The minimum absolute atomic E-state index is 0.131. The monoisotopic (exact) mass is 339 g/mol. The number of rotatable bonds is 3. The average Bonchev–Trinajstić information content (AvgIpc) is 2.84. The van der Waals surface area contributed by atoms with Gasteiger partial charge in [0.15, 0.2) is 0 Å². The molecule has 1 amide bonds. The first-order chi connectivity index (χ1) is 11.3. The highest BCUT2D eigenvalue weighted by molar-refractivity contribution is 7.71. The first-order valence-electron chi connectivity index (χ1n) is 8.13. The van der Waals surface area contributed by atoms with Crippen LogP contribution in [0.1, 0.15) is 29.2 Å². The largest absolute Gasteiger partial charge is 0.321 e. The van der Waals surface area contributed by atoms with Gasteiger partial charge >= 0.3 is 0 Å². The van der Waals surface area contributed by atoms with Gasteiger partial charge in [0, 0.05) is 22.6 Å². The van der Waals surface area contributed by atoms with Gasteiger partial charge in [0.2, 0.25) is 0 Å². The van der Waals surface area contributed by atoms with E-state index < -0.39 is 7.14 Å². The molecule has 24 heavy (non-hydrogen) atoms. The van der Waals surface area contributed by atoms with Crippen molar-refractivity contribution in [2.24, 2.45) is 0 Å². The minimum atomic E-state index is -2.48. The molecule has 3 nitrogen and oxygen atoms in total. The highest BCUT2D eigenvalue weighted by Crippen LogP contribution is 2.46. The zero-order valence-electron chi connectivity index (χ0n) is 14.5. The molecular weight excluding hydrogens is 317 g/mol. The van der Waals surface area contributed by atoms with Gasteiger partial charge in [-0.25, -0.2) is 0 Å². The molecule has 4 heteroatoms. The van der Waals surface area contributed by atoms with E-state index in [1.165, 1.54) is 5.56 Å². The summed E-state index contributed by atoms with van der Waals surface area (Å²) >= 11 is 0. The number of hydrogen-bond acceptors (Lipinski definition) is 2. The van der Waals surface area contributed by atoms with Crippen LogP contribution in [0.2, 0.25) is 0 Å². The lowest BCUT2D eigenvalue weighted by Gasteiger charge is -2.16. The number of benzene rings is 2. The van der Waals surface area contributed by atoms with Crippen molar-refractivity contribution in [2.75, 3.05) is 18.1 Å². The maximum Gasteiger partial charge on any atom is 0.256 e. The van der Waals surface area contributed by atoms with Crippen LogP contribution in [0.25, 0.3) is 11.6 Å². The Balaban J connectivity index is 2.17. The molecular formula is C20H22NO2P. The molecule has 0 radical (unpaired) electrons. The summed E-state index contributed by atoms with van der Waals surface area (Å²) in [6.07, 6.45) is 2.48. The third-order valence-corrected chi connectivity index (χ3v) is 7.12. The van der Waals surface area contributed by atoms with E-state index in [2.05, 4.69) is 5.32 Å². The molecule has 3 rings (SSSR count). The lowest BCUT2D eigenvalue weighted by molar-refractivity contribution is -0.110. The first kappa shape index (κ1) is 16.7. The van der Waals surface area contributed by atoms with Crippen molar-refractivity contribution in [3.8, 4) is 0 Å². The van der Waals surface area contributed by atoms with E-state index in [1.54, 1.807) is 6.66 Å². The normalized spacial score (nSPS) is 17.5. The predicted octanol–water partition coefficient (Wildman–Crippen LogP) is 4.43. The minimum Gasteiger partial charge on any atom is -0.321 e. The van der Waals surface area contributed by atoms with Crippen molar-refractivity contribution in [3.63, 3.8) is 0 Å². The number of aryl methyl sites for hydroxylation is 2. The molecule has 2 aromatic rings. The van der Waals surface area contributed by atoms with E-state index in [1.807, 2.05) is 63.2 Å². The fourth-order valence-corrected chi connectivity index (χ4v) is 4.40. The summed E-state index contributed by atoms with van der Waals surface area (Å²) in [7, 11) is -2.48. The summed E-state index contributed by atoms with van der Waals surface area (Å²) < 4.78 is 12.9. The van der Waals surface area contributed by atoms with E-state index in [9.17, 15) is 9.36 Å². The van der Waals surface area contributed by atoms with Crippen LogP contribution >= 0.6 is 7.14 Å². The van der Waals surface area contributed by atoms with E-state index in [0.29, 0.717) is 11.7 Å². The standard InChI is InChI=1S/C20H22NO2P/c1-5-24(4,23)18-11-14(3)10-16-17(20(22)21-19(16)18)12-15-8-6-13(2)7-9-15/h6-12H,5H2,1-4H3,(H,21,22). The quantitative estimate of drug-likeness (QED) is 0.664. The van der Waals surface area contributed by atoms with Gasteiger partial charge in [0.1, 0.15) is 7.14 Å². The molecule has 0 saturated heterocycles. The van der Waals surface area contributed by atoms with Gasteiger partial charge in [-0.2, -0.15) is 0 Å². The van der Waals surface area contributed by atoms with Crippen molar-refractivity contribution in [1.29, 1.82) is 0 Å². The van der Waals surface area contributed by atoms with Crippen LogP contribution in [0.5, 0.6) is 0 Å². The van der Waals surface area contributed by atoms with Gasteiger partial charge in [-0.3, -0.25) is 4.79 Å². The fourth-order valence-electron chi connectivity index (χ4n) is 2.93. The number of carbonyl (C=O) groups is 1. The Kier molecular flexibility index (Phi) is 4.23. The second-order valence-corrected chi connectivity index (χ2v) is 9.86. The Hall–Kier alpha value is -2.12. The number of nitrogens with one attached hydrogen (secondary N) is 1. The zero-order chi connectivity index (χ0) is 17.5. The van der Waals surface area contributed by atoms with Crippen molar-refractivity contribution in [2.45, 2.75) is 20.8 Å². The topological polar surface area (TPSA) is 46.2 Å². The molecule has 1 aliphatic heterocycles. The van der Waals surface area contributed by atoms with Crippen molar-refractivity contribution in [1.82, 2.24) is 0 Å². The van der Waals surface area contributed by atoms with E-state index in [0.717, 1.165) is 27.7 Å². The van der Waals surface area contributed by atoms with Crippen molar-refractivity contribution >= 4 is 35.7 Å².